The maximum absolute atomic E-state index is 10.2. The number of fused-ring (bicyclic) bond motifs is 9. The highest BCUT2D eigenvalue weighted by Crippen LogP contribution is 2.62. The fraction of sp³-hybridized carbons (Fsp3) is 0.0204. The summed E-state index contributed by atoms with van der Waals surface area (Å²) in [7, 11) is 0. The summed E-state index contributed by atoms with van der Waals surface area (Å²) in [5, 5.41) is 19.7. The molecular weight excluding hydrogens is 661 g/mol. The topological polar surface area (TPSA) is 82.6 Å². The zero-order valence-electron chi connectivity index (χ0n) is 28.9. The summed E-state index contributed by atoms with van der Waals surface area (Å²) >= 11 is 0. The maximum atomic E-state index is 10.2. The largest absolute Gasteiger partial charge is 0.457 e. The molecule has 0 saturated heterocycles. The summed E-state index contributed by atoms with van der Waals surface area (Å²) in [6.07, 6.45) is 0. The number of nitrogens with zero attached hydrogens (tertiary/aromatic N) is 4. The molecule has 250 valence electrons. The molecule has 0 amide bonds. The molecule has 0 bridgehead atoms. The first-order valence-corrected chi connectivity index (χ1v) is 17.8. The number of para-hydroxylation sites is 1. The van der Waals surface area contributed by atoms with E-state index in [1.54, 1.807) is 12.1 Å². The van der Waals surface area contributed by atoms with Crippen molar-refractivity contribution in [3.8, 4) is 79.8 Å². The predicted octanol–water partition coefficient (Wildman–Crippen LogP) is 11.4. The third kappa shape index (κ3) is 4.70. The summed E-state index contributed by atoms with van der Waals surface area (Å²) < 4.78 is 6.74. The molecule has 1 aliphatic heterocycles. The third-order valence-corrected chi connectivity index (χ3v) is 10.6. The maximum Gasteiger partial charge on any atom is 0.160 e. The third-order valence-electron chi connectivity index (χ3n) is 10.6. The molecule has 2 aliphatic rings. The molecular formula is C49H28N4O. The Morgan fingerprint density at radius 3 is 1.81 bits per heavy atom. The highest BCUT2D eigenvalue weighted by atomic mass is 16.5. The van der Waals surface area contributed by atoms with Gasteiger partial charge in [-0.3, -0.25) is 0 Å². The van der Waals surface area contributed by atoms with E-state index in [0.717, 1.165) is 84.1 Å². The van der Waals surface area contributed by atoms with Crippen molar-refractivity contribution in [3.63, 3.8) is 0 Å². The Kier molecular flexibility index (Phi) is 7.08. The minimum Gasteiger partial charge on any atom is -0.457 e. The van der Waals surface area contributed by atoms with E-state index in [2.05, 4.69) is 103 Å². The number of hydrogen-bond acceptors (Lipinski definition) is 5. The summed E-state index contributed by atoms with van der Waals surface area (Å²) in [6, 6.07) is 61.9. The average molecular weight is 689 g/mol. The molecule has 54 heavy (non-hydrogen) atoms. The van der Waals surface area contributed by atoms with E-state index < -0.39 is 5.41 Å². The first-order valence-electron chi connectivity index (χ1n) is 17.8. The van der Waals surface area contributed by atoms with E-state index in [9.17, 15) is 10.5 Å². The first-order chi connectivity index (χ1) is 26.6. The van der Waals surface area contributed by atoms with Crippen molar-refractivity contribution in [2.45, 2.75) is 5.41 Å². The van der Waals surface area contributed by atoms with Crippen LogP contribution in [0.5, 0.6) is 11.5 Å². The number of rotatable bonds is 4. The van der Waals surface area contributed by atoms with Gasteiger partial charge < -0.3 is 4.74 Å². The van der Waals surface area contributed by atoms with Crippen molar-refractivity contribution in [1.82, 2.24) is 9.97 Å². The Morgan fingerprint density at radius 1 is 0.426 bits per heavy atom. The number of ether oxygens (including phenoxy) is 1. The molecule has 0 saturated carbocycles. The molecule has 8 aromatic rings. The van der Waals surface area contributed by atoms with Gasteiger partial charge in [0.2, 0.25) is 0 Å². The molecule has 1 aliphatic carbocycles. The fourth-order valence-electron chi connectivity index (χ4n) is 8.25. The van der Waals surface area contributed by atoms with Gasteiger partial charge in [-0.25, -0.2) is 9.97 Å². The lowest BCUT2D eigenvalue weighted by molar-refractivity contribution is 0.436. The quantitative estimate of drug-likeness (QED) is 0.184. The standard InChI is InChI=1S/C49H28N4O/c50-29-31-19-22-37(36(25-31)30-51)34-20-23-39-38-15-7-8-16-40(38)49(42(39)26-34)41-17-9-10-18-46(41)54-47-24-21-35(27-43(47)49)45-28-44(32-11-3-1-4-12-32)52-48(53-45)33-13-5-2-6-14-33/h1-28H. The highest BCUT2D eigenvalue weighted by Gasteiger charge is 2.51. The fourth-order valence-corrected chi connectivity index (χ4v) is 8.25. The van der Waals surface area contributed by atoms with Gasteiger partial charge >= 0.3 is 0 Å². The van der Waals surface area contributed by atoms with Gasteiger partial charge in [0, 0.05) is 27.8 Å². The highest BCUT2D eigenvalue weighted by molar-refractivity contribution is 5.91. The van der Waals surface area contributed by atoms with Crippen molar-refractivity contribution < 1.29 is 4.74 Å². The lowest BCUT2D eigenvalue weighted by Crippen LogP contribution is -2.32. The molecule has 7 aromatic carbocycles. The zero-order valence-corrected chi connectivity index (χ0v) is 28.9. The Morgan fingerprint density at radius 2 is 1.04 bits per heavy atom. The lowest BCUT2D eigenvalue weighted by atomic mass is 9.65. The van der Waals surface area contributed by atoms with Crippen molar-refractivity contribution in [3.05, 3.63) is 203 Å². The molecule has 1 aromatic heterocycles. The normalized spacial score (nSPS) is 14.5. The van der Waals surface area contributed by atoms with Crippen molar-refractivity contribution in [2.24, 2.45) is 0 Å². The van der Waals surface area contributed by atoms with Crippen LogP contribution in [-0.2, 0) is 5.41 Å². The minimum atomic E-state index is -0.751. The molecule has 1 atom stereocenters. The average Bonchev–Trinajstić information content (AvgIpc) is 3.53. The van der Waals surface area contributed by atoms with Gasteiger partial charge in [-0.05, 0) is 81.9 Å². The van der Waals surface area contributed by atoms with Crippen LogP contribution in [0.25, 0.3) is 56.2 Å². The van der Waals surface area contributed by atoms with E-state index in [1.807, 2.05) is 66.7 Å². The molecule has 10 rings (SSSR count). The zero-order chi connectivity index (χ0) is 36.2. The summed E-state index contributed by atoms with van der Waals surface area (Å²) in [4.78, 5) is 10.2. The molecule has 0 fully saturated rings. The number of hydrogen-bond donors (Lipinski definition) is 0. The smallest absolute Gasteiger partial charge is 0.160 e. The van der Waals surface area contributed by atoms with E-state index >= 15 is 0 Å². The lowest BCUT2D eigenvalue weighted by Gasteiger charge is -2.39. The van der Waals surface area contributed by atoms with Crippen LogP contribution in [0.4, 0.5) is 0 Å². The van der Waals surface area contributed by atoms with Crippen LogP contribution >= 0.6 is 0 Å². The van der Waals surface area contributed by atoms with E-state index in [-0.39, 0.29) is 0 Å². The molecule has 2 heterocycles. The second kappa shape index (κ2) is 12.3. The second-order valence-corrected chi connectivity index (χ2v) is 13.5. The van der Waals surface area contributed by atoms with Crippen LogP contribution in [0.1, 0.15) is 33.4 Å². The Hall–Kier alpha value is -7.60. The SMILES string of the molecule is N#Cc1ccc(-c2ccc3c(c2)C2(c4ccccc4Oc4ccc(-c5cc(-c6ccccc6)nc(-c6ccccc6)n5)cc42)c2ccccc2-3)c(C#N)c1. The minimum absolute atomic E-state index is 0.454. The molecule has 5 heteroatoms. The van der Waals surface area contributed by atoms with Gasteiger partial charge in [0.05, 0.1) is 40.1 Å². The van der Waals surface area contributed by atoms with Crippen LogP contribution in [0.15, 0.2) is 170 Å². The first kappa shape index (κ1) is 31.2. The molecule has 5 nitrogen and oxygen atoms in total. The molecule has 0 radical (unpaired) electrons. The van der Waals surface area contributed by atoms with Crippen LogP contribution in [0.3, 0.4) is 0 Å². The Labute approximate surface area is 312 Å². The summed E-state index contributed by atoms with van der Waals surface area (Å²) in [6.45, 7) is 0. The van der Waals surface area contributed by atoms with Gasteiger partial charge in [0.15, 0.2) is 5.82 Å². The summed E-state index contributed by atoms with van der Waals surface area (Å²) in [5.74, 6) is 2.21. The number of aromatic nitrogens is 2. The van der Waals surface area contributed by atoms with Crippen LogP contribution in [0, 0.1) is 22.7 Å². The van der Waals surface area contributed by atoms with Gasteiger partial charge in [0.25, 0.3) is 0 Å². The molecule has 1 spiro atoms. The van der Waals surface area contributed by atoms with Crippen molar-refractivity contribution >= 4 is 0 Å². The van der Waals surface area contributed by atoms with E-state index in [0.29, 0.717) is 17.0 Å². The molecule has 0 N–H and O–H groups in total. The van der Waals surface area contributed by atoms with Crippen LogP contribution < -0.4 is 4.74 Å². The second-order valence-electron chi connectivity index (χ2n) is 13.5. The Balaban J connectivity index is 1.25. The van der Waals surface area contributed by atoms with Gasteiger partial charge in [-0.1, -0.05) is 121 Å². The van der Waals surface area contributed by atoms with Gasteiger partial charge in [0.1, 0.15) is 11.5 Å². The van der Waals surface area contributed by atoms with Gasteiger partial charge in [-0.2, -0.15) is 10.5 Å². The number of nitriles is 2. The van der Waals surface area contributed by atoms with Crippen LogP contribution in [-0.4, -0.2) is 9.97 Å². The van der Waals surface area contributed by atoms with E-state index in [4.69, 9.17) is 14.7 Å². The monoisotopic (exact) mass is 688 g/mol. The number of benzene rings is 7. The van der Waals surface area contributed by atoms with E-state index in [1.165, 1.54) is 0 Å². The van der Waals surface area contributed by atoms with Crippen LogP contribution in [0.2, 0.25) is 0 Å². The Bertz CT molecular complexity index is 2830. The predicted molar refractivity (Wildman–Crippen MR) is 211 cm³/mol. The molecule has 1 unspecified atom stereocenters. The summed E-state index contributed by atoms with van der Waals surface area (Å²) in [5.41, 5.74) is 12.9. The van der Waals surface area contributed by atoms with Crippen molar-refractivity contribution in [1.29, 1.82) is 10.5 Å². The van der Waals surface area contributed by atoms with Gasteiger partial charge in [-0.15, -0.1) is 0 Å². The van der Waals surface area contributed by atoms with Crippen molar-refractivity contribution in [2.75, 3.05) is 0 Å².